The van der Waals surface area contributed by atoms with Crippen LogP contribution in [0.1, 0.15) is 16.2 Å². The van der Waals surface area contributed by atoms with Crippen LogP contribution in [-0.4, -0.2) is 16.1 Å². The molecule has 1 N–H and O–H groups in total. The van der Waals surface area contributed by atoms with Crippen LogP contribution in [-0.2, 0) is 6.54 Å². The summed E-state index contributed by atoms with van der Waals surface area (Å²) in [5.41, 5.74) is 1.01. The lowest BCUT2D eigenvalue weighted by Gasteiger charge is -2.03. The first-order valence-corrected chi connectivity index (χ1v) is 7.53. The lowest BCUT2D eigenvalue weighted by atomic mass is 10.2. The third kappa shape index (κ3) is 3.81. The molecule has 0 saturated carbocycles. The molecule has 0 unspecified atom stereocenters. The maximum absolute atomic E-state index is 13.3. The molecule has 0 aliphatic rings. The van der Waals surface area contributed by atoms with E-state index in [4.69, 9.17) is 4.42 Å². The van der Waals surface area contributed by atoms with Crippen LogP contribution in [0.3, 0.4) is 0 Å². The molecule has 0 fully saturated rings. The van der Waals surface area contributed by atoms with Gasteiger partial charge in [-0.2, -0.15) is 0 Å². The van der Waals surface area contributed by atoms with Crippen molar-refractivity contribution in [3.05, 3.63) is 70.3 Å². The molecule has 1 amide bonds. The second-order valence-electron chi connectivity index (χ2n) is 4.71. The number of rotatable bonds is 4. The van der Waals surface area contributed by atoms with E-state index in [2.05, 4.69) is 31.4 Å². The van der Waals surface area contributed by atoms with Crippen molar-refractivity contribution in [2.24, 2.45) is 0 Å². The SMILES string of the molecule is O=C(NCc1nnc(-c2ccccc2)o1)c1cc(F)cc(Br)c1. The average Bonchev–Trinajstić information content (AvgIpc) is 3.01. The molecule has 1 aromatic heterocycles. The molecule has 23 heavy (non-hydrogen) atoms. The van der Waals surface area contributed by atoms with E-state index < -0.39 is 11.7 Å². The number of nitrogens with zero attached hydrogens (tertiary/aromatic N) is 2. The van der Waals surface area contributed by atoms with Gasteiger partial charge in [-0.15, -0.1) is 10.2 Å². The van der Waals surface area contributed by atoms with Crippen molar-refractivity contribution in [2.75, 3.05) is 0 Å². The predicted octanol–water partition coefficient (Wildman–Crippen LogP) is 3.57. The van der Waals surface area contributed by atoms with Gasteiger partial charge in [-0.3, -0.25) is 4.79 Å². The minimum Gasteiger partial charge on any atom is -0.419 e. The number of aromatic nitrogens is 2. The molecule has 0 radical (unpaired) electrons. The summed E-state index contributed by atoms with van der Waals surface area (Å²) in [5.74, 6) is -0.269. The topological polar surface area (TPSA) is 68.0 Å². The first kappa shape index (κ1) is 15.4. The summed E-state index contributed by atoms with van der Waals surface area (Å²) < 4.78 is 19.3. The number of hydrogen-bond donors (Lipinski definition) is 1. The molecular formula is C16H11BrFN3O2. The van der Waals surface area contributed by atoms with Crippen LogP contribution in [0.25, 0.3) is 11.5 Å². The van der Waals surface area contributed by atoms with Crippen molar-refractivity contribution >= 4 is 21.8 Å². The van der Waals surface area contributed by atoms with Gasteiger partial charge in [0.1, 0.15) is 5.82 Å². The number of hydrogen-bond acceptors (Lipinski definition) is 4. The number of amides is 1. The van der Waals surface area contributed by atoms with E-state index in [0.29, 0.717) is 10.4 Å². The van der Waals surface area contributed by atoms with E-state index in [-0.39, 0.29) is 18.0 Å². The standard InChI is InChI=1S/C16H11BrFN3O2/c17-12-6-11(7-13(18)8-12)15(22)19-9-14-20-21-16(23-14)10-4-2-1-3-5-10/h1-8H,9H2,(H,19,22). The van der Waals surface area contributed by atoms with Crippen LogP contribution in [0.2, 0.25) is 0 Å². The third-order valence-electron chi connectivity index (χ3n) is 3.01. The Balaban J connectivity index is 1.67. The lowest BCUT2D eigenvalue weighted by molar-refractivity contribution is 0.0947. The Bertz CT molecular complexity index is 816. The van der Waals surface area contributed by atoms with Crippen LogP contribution in [0.4, 0.5) is 4.39 Å². The van der Waals surface area contributed by atoms with E-state index >= 15 is 0 Å². The molecule has 5 nitrogen and oxygen atoms in total. The van der Waals surface area contributed by atoms with Gasteiger partial charge in [0.25, 0.3) is 5.91 Å². The average molecular weight is 376 g/mol. The third-order valence-corrected chi connectivity index (χ3v) is 3.47. The molecule has 0 aliphatic heterocycles. The Morgan fingerprint density at radius 3 is 2.70 bits per heavy atom. The highest BCUT2D eigenvalue weighted by molar-refractivity contribution is 9.10. The van der Waals surface area contributed by atoms with Crippen LogP contribution in [0.5, 0.6) is 0 Å². The molecule has 0 spiro atoms. The van der Waals surface area contributed by atoms with Crippen molar-refractivity contribution < 1.29 is 13.6 Å². The number of carbonyl (C=O) groups excluding carboxylic acids is 1. The highest BCUT2D eigenvalue weighted by atomic mass is 79.9. The zero-order chi connectivity index (χ0) is 16.2. The van der Waals surface area contributed by atoms with Crippen molar-refractivity contribution in [1.29, 1.82) is 0 Å². The Morgan fingerprint density at radius 2 is 1.96 bits per heavy atom. The number of nitrogens with one attached hydrogen (secondary N) is 1. The minimum absolute atomic E-state index is 0.0623. The summed E-state index contributed by atoms with van der Waals surface area (Å²) in [7, 11) is 0. The summed E-state index contributed by atoms with van der Waals surface area (Å²) in [6.45, 7) is 0.0623. The minimum atomic E-state index is -0.492. The largest absolute Gasteiger partial charge is 0.419 e. The second-order valence-corrected chi connectivity index (χ2v) is 5.62. The van der Waals surface area contributed by atoms with Crippen molar-refractivity contribution in [1.82, 2.24) is 15.5 Å². The first-order chi connectivity index (χ1) is 11.1. The van der Waals surface area contributed by atoms with Gasteiger partial charge < -0.3 is 9.73 Å². The van der Waals surface area contributed by atoms with Crippen LogP contribution in [0, 0.1) is 5.82 Å². The molecule has 0 bridgehead atoms. The quantitative estimate of drug-likeness (QED) is 0.756. The summed E-state index contributed by atoms with van der Waals surface area (Å²) in [5, 5.41) is 10.4. The smallest absolute Gasteiger partial charge is 0.251 e. The molecule has 2 aromatic carbocycles. The first-order valence-electron chi connectivity index (χ1n) is 6.74. The summed E-state index contributed by atoms with van der Waals surface area (Å²) in [4.78, 5) is 12.0. The van der Waals surface area contributed by atoms with Crippen molar-refractivity contribution in [2.45, 2.75) is 6.54 Å². The molecule has 0 aliphatic carbocycles. The Hall–Kier alpha value is -2.54. The molecular weight excluding hydrogens is 365 g/mol. The molecule has 0 saturated heterocycles. The normalized spacial score (nSPS) is 10.5. The fourth-order valence-corrected chi connectivity index (χ4v) is 2.43. The van der Waals surface area contributed by atoms with Gasteiger partial charge in [0.2, 0.25) is 11.8 Å². The van der Waals surface area contributed by atoms with Crippen LogP contribution >= 0.6 is 15.9 Å². The number of benzene rings is 2. The van der Waals surface area contributed by atoms with E-state index in [1.54, 1.807) is 0 Å². The predicted molar refractivity (Wildman–Crippen MR) is 85.0 cm³/mol. The molecule has 7 heteroatoms. The summed E-state index contributed by atoms with van der Waals surface area (Å²) in [6.07, 6.45) is 0. The van der Waals surface area contributed by atoms with Gasteiger partial charge in [0.05, 0.1) is 6.54 Å². The zero-order valence-corrected chi connectivity index (χ0v) is 13.4. The maximum Gasteiger partial charge on any atom is 0.251 e. The van der Waals surface area contributed by atoms with Crippen molar-refractivity contribution in [3.8, 4) is 11.5 Å². The lowest BCUT2D eigenvalue weighted by Crippen LogP contribution is -2.23. The summed E-state index contributed by atoms with van der Waals surface area (Å²) in [6, 6.07) is 13.3. The van der Waals surface area contributed by atoms with Gasteiger partial charge in [-0.05, 0) is 30.3 Å². The number of halogens is 2. The molecule has 116 valence electrons. The van der Waals surface area contributed by atoms with E-state index in [1.165, 1.54) is 12.1 Å². The van der Waals surface area contributed by atoms with Crippen LogP contribution in [0.15, 0.2) is 57.4 Å². The highest BCUT2D eigenvalue weighted by Gasteiger charge is 2.12. The zero-order valence-electron chi connectivity index (χ0n) is 11.8. The van der Waals surface area contributed by atoms with Gasteiger partial charge in [-0.25, -0.2) is 4.39 Å². The monoisotopic (exact) mass is 375 g/mol. The highest BCUT2D eigenvalue weighted by Crippen LogP contribution is 2.17. The van der Waals surface area contributed by atoms with E-state index in [0.717, 1.165) is 11.6 Å². The summed E-state index contributed by atoms with van der Waals surface area (Å²) >= 11 is 3.15. The van der Waals surface area contributed by atoms with Gasteiger partial charge >= 0.3 is 0 Å². The van der Waals surface area contributed by atoms with E-state index in [9.17, 15) is 9.18 Å². The van der Waals surface area contributed by atoms with Gasteiger partial charge in [0, 0.05) is 15.6 Å². The fourth-order valence-electron chi connectivity index (χ4n) is 1.97. The maximum atomic E-state index is 13.3. The van der Waals surface area contributed by atoms with E-state index in [1.807, 2.05) is 30.3 Å². The molecule has 1 heterocycles. The van der Waals surface area contributed by atoms with Crippen molar-refractivity contribution in [3.63, 3.8) is 0 Å². The fraction of sp³-hybridized carbons (Fsp3) is 0.0625. The Morgan fingerprint density at radius 1 is 1.17 bits per heavy atom. The molecule has 0 atom stereocenters. The van der Waals surface area contributed by atoms with Crippen LogP contribution < -0.4 is 5.32 Å². The second kappa shape index (κ2) is 6.70. The Kier molecular flexibility index (Phi) is 4.47. The number of carbonyl (C=O) groups is 1. The Labute approximate surface area is 139 Å². The molecule has 3 aromatic rings. The van der Waals surface area contributed by atoms with Gasteiger partial charge in [0.15, 0.2) is 0 Å². The van der Waals surface area contributed by atoms with Gasteiger partial charge in [-0.1, -0.05) is 34.1 Å². The molecule has 3 rings (SSSR count).